The van der Waals surface area contributed by atoms with Crippen molar-refractivity contribution < 1.29 is 0 Å². The molecule has 126 valence electrons. The van der Waals surface area contributed by atoms with Gasteiger partial charge < -0.3 is 4.90 Å². The molecule has 0 radical (unpaired) electrons. The molecule has 0 spiro atoms. The topological polar surface area (TPSA) is 3.24 Å². The smallest absolute Gasteiger partial charge is 0.0204 e. The second-order valence-electron chi connectivity index (χ2n) is 8.24. The molecule has 1 heteroatoms. The van der Waals surface area contributed by atoms with Crippen molar-refractivity contribution in [2.45, 2.75) is 81.2 Å². The van der Waals surface area contributed by atoms with Gasteiger partial charge in [-0.3, -0.25) is 0 Å². The SMILES string of the molecule is CCN(C)C(C)(C)C(C)(C)Cc1c(C)c(C)c(C)c(C)c1C. The van der Waals surface area contributed by atoms with E-state index in [0.717, 1.165) is 13.0 Å². The molecule has 0 saturated carbocycles. The summed E-state index contributed by atoms with van der Waals surface area (Å²) in [5.74, 6) is 0. The van der Waals surface area contributed by atoms with Crippen molar-refractivity contribution in [1.82, 2.24) is 4.90 Å². The van der Waals surface area contributed by atoms with Gasteiger partial charge in [-0.1, -0.05) is 20.8 Å². The van der Waals surface area contributed by atoms with E-state index in [0.29, 0.717) is 0 Å². The van der Waals surface area contributed by atoms with Gasteiger partial charge in [0.2, 0.25) is 0 Å². The molecule has 0 amide bonds. The summed E-state index contributed by atoms with van der Waals surface area (Å²) in [7, 11) is 2.24. The highest BCUT2D eigenvalue weighted by atomic mass is 15.2. The van der Waals surface area contributed by atoms with Gasteiger partial charge in [0, 0.05) is 5.54 Å². The summed E-state index contributed by atoms with van der Waals surface area (Å²) >= 11 is 0. The lowest BCUT2D eigenvalue weighted by atomic mass is 9.68. The zero-order chi connectivity index (χ0) is 17.5. The molecule has 0 aliphatic rings. The molecule has 0 N–H and O–H groups in total. The average Bonchev–Trinajstić information content (AvgIpc) is 2.46. The van der Waals surface area contributed by atoms with E-state index in [2.05, 4.69) is 81.2 Å². The van der Waals surface area contributed by atoms with Crippen molar-refractivity contribution in [1.29, 1.82) is 0 Å². The zero-order valence-electron chi connectivity index (χ0n) is 16.9. The molecule has 1 nitrogen and oxygen atoms in total. The molecular formula is C21H37N. The highest BCUT2D eigenvalue weighted by Gasteiger charge is 2.40. The molecular weight excluding hydrogens is 266 g/mol. The van der Waals surface area contributed by atoms with Crippen LogP contribution in [0.25, 0.3) is 0 Å². The molecule has 0 atom stereocenters. The second kappa shape index (κ2) is 6.35. The van der Waals surface area contributed by atoms with Crippen molar-refractivity contribution in [2.24, 2.45) is 5.41 Å². The summed E-state index contributed by atoms with van der Waals surface area (Å²) in [4.78, 5) is 2.48. The number of hydrogen-bond donors (Lipinski definition) is 0. The van der Waals surface area contributed by atoms with Crippen molar-refractivity contribution >= 4 is 0 Å². The summed E-state index contributed by atoms with van der Waals surface area (Å²) in [6, 6.07) is 0. The molecule has 0 aliphatic heterocycles. The molecule has 1 rings (SSSR count). The lowest BCUT2D eigenvalue weighted by molar-refractivity contribution is 0.0346. The maximum atomic E-state index is 2.48. The highest BCUT2D eigenvalue weighted by Crippen LogP contribution is 2.40. The molecule has 1 aromatic rings. The lowest BCUT2D eigenvalue weighted by Gasteiger charge is -2.48. The number of benzene rings is 1. The fraction of sp³-hybridized carbons (Fsp3) is 0.714. The lowest BCUT2D eigenvalue weighted by Crippen LogP contribution is -2.53. The van der Waals surface area contributed by atoms with Crippen LogP contribution in [0, 0.1) is 40.0 Å². The summed E-state index contributed by atoms with van der Waals surface area (Å²) in [5.41, 5.74) is 9.30. The minimum atomic E-state index is 0.160. The Kier molecular flexibility index (Phi) is 5.55. The van der Waals surface area contributed by atoms with Gasteiger partial charge in [-0.05, 0) is 107 Å². The standard InChI is InChI=1S/C21H37N/c1-12-22(11)21(9,10)20(7,8)13-19-17(5)15(3)14(2)16(4)18(19)6/h12-13H2,1-11H3. The molecule has 0 aromatic heterocycles. The summed E-state index contributed by atoms with van der Waals surface area (Å²) in [5, 5.41) is 0. The van der Waals surface area contributed by atoms with Crippen LogP contribution in [0.2, 0.25) is 0 Å². The first-order valence-corrected chi connectivity index (χ1v) is 8.65. The summed E-state index contributed by atoms with van der Waals surface area (Å²) in [6.45, 7) is 24.3. The predicted molar refractivity (Wildman–Crippen MR) is 100.0 cm³/mol. The van der Waals surface area contributed by atoms with Gasteiger partial charge in [-0.25, -0.2) is 0 Å². The van der Waals surface area contributed by atoms with Gasteiger partial charge >= 0.3 is 0 Å². The molecule has 1 aromatic carbocycles. The van der Waals surface area contributed by atoms with Crippen LogP contribution >= 0.6 is 0 Å². The van der Waals surface area contributed by atoms with Gasteiger partial charge in [-0.15, -0.1) is 0 Å². The normalized spacial score (nSPS) is 13.1. The Morgan fingerprint density at radius 3 is 1.45 bits per heavy atom. The minimum absolute atomic E-state index is 0.160. The first kappa shape index (κ1) is 19.2. The number of rotatable bonds is 5. The second-order valence-corrected chi connectivity index (χ2v) is 8.24. The Labute approximate surface area is 139 Å². The minimum Gasteiger partial charge on any atom is -0.301 e. The molecule has 0 aliphatic carbocycles. The predicted octanol–water partition coefficient (Wildman–Crippen LogP) is 5.53. The van der Waals surface area contributed by atoms with E-state index < -0.39 is 0 Å². The average molecular weight is 304 g/mol. The van der Waals surface area contributed by atoms with Gasteiger partial charge in [0.25, 0.3) is 0 Å². The maximum absolute atomic E-state index is 2.48. The van der Waals surface area contributed by atoms with Crippen LogP contribution in [-0.2, 0) is 6.42 Å². The first-order valence-electron chi connectivity index (χ1n) is 8.65. The summed E-state index contributed by atoms with van der Waals surface area (Å²) < 4.78 is 0. The van der Waals surface area contributed by atoms with Crippen LogP contribution in [-0.4, -0.2) is 24.0 Å². The van der Waals surface area contributed by atoms with Crippen molar-refractivity contribution in [2.75, 3.05) is 13.6 Å². The summed E-state index contributed by atoms with van der Waals surface area (Å²) in [6.07, 6.45) is 1.13. The van der Waals surface area contributed by atoms with E-state index in [1.807, 2.05) is 0 Å². The Morgan fingerprint density at radius 2 is 1.09 bits per heavy atom. The Balaban J connectivity index is 3.36. The fourth-order valence-corrected chi connectivity index (χ4v) is 3.41. The quantitative estimate of drug-likeness (QED) is 0.691. The molecule has 0 unspecified atom stereocenters. The first-order chi connectivity index (χ1) is 9.88. The molecule has 0 fully saturated rings. The van der Waals surface area contributed by atoms with Crippen LogP contribution in [0.5, 0.6) is 0 Å². The zero-order valence-corrected chi connectivity index (χ0v) is 16.9. The van der Waals surface area contributed by atoms with Crippen molar-refractivity contribution in [3.63, 3.8) is 0 Å². The number of nitrogens with zero attached hydrogens (tertiary/aromatic N) is 1. The molecule has 0 heterocycles. The van der Waals surface area contributed by atoms with E-state index in [9.17, 15) is 0 Å². The Morgan fingerprint density at radius 1 is 0.727 bits per heavy atom. The third-order valence-electron chi connectivity index (χ3n) is 6.86. The van der Waals surface area contributed by atoms with Gasteiger partial charge in [0.05, 0.1) is 0 Å². The monoisotopic (exact) mass is 303 g/mol. The van der Waals surface area contributed by atoms with Crippen LogP contribution in [0.1, 0.15) is 68.0 Å². The van der Waals surface area contributed by atoms with Gasteiger partial charge in [0.15, 0.2) is 0 Å². The Hall–Kier alpha value is -0.820. The van der Waals surface area contributed by atoms with Crippen LogP contribution in [0.4, 0.5) is 0 Å². The maximum Gasteiger partial charge on any atom is 0.0204 e. The van der Waals surface area contributed by atoms with Crippen LogP contribution < -0.4 is 0 Å². The van der Waals surface area contributed by atoms with Gasteiger partial charge in [-0.2, -0.15) is 0 Å². The molecule has 0 bridgehead atoms. The molecule has 22 heavy (non-hydrogen) atoms. The van der Waals surface area contributed by atoms with E-state index in [-0.39, 0.29) is 11.0 Å². The third kappa shape index (κ3) is 3.11. The number of hydrogen-bond acceptors (Lipinski definition) is 1. The fourth-order valence-electron chi connectivity index (χ4n) is 3.41. The Bertz CT molecular complexity index is 521. The van der Waals surface area contributed by atoms with Crippen LogP contribution in [0.15, 0.2) is 0 Å². The molecule has 0 saturated heterocycles. The van der Waals surface area contributed by atoms with E-state index in [4.69, 9.17) is 0 Å². The van der Waals surface area contributed by atoms with Crippen LogP contribution in [0.3, 0.4) is 0 Å². The van der Waals surface area contributed by atoms with Crippen molar-refractivity contribution in [3.05, 3.63) is 33.4 Å². The van der Waals surface area contributed by atoms with E-state index in [1.165, 1.54) is 27.8 Å². The van der Waals surface area contributed by atoms with E-state index in [1.54, 1.807) is 5.56 Å². The van der Waals surface area contributed by atoms with E-state index >= 15 is 0 Å². The highest BCUT2D eigenvalue weighted by molar-refractivity contribution is 5.49. The van der Waals surface area contributed by atoms with Gasteiger partial charge in [0.1, 0.15) is 0 Å². The van der Waals surface area contributed by atoms with Crippen molar-refractivity contribution in [3.8, 4) is 0 Å². The largest absolute Gasteiger partial charge is 0.301 e. The third-order valence-corrected chi connectivity index (χ3v) is 6.86.